The van der Waals surface area contributed by atoms with Gasteiger partial charge >= 0.3 is 0 Å². The Labute approximate surface area is 165 Å². The highest BCUT2D eigenvalue weighted by atomic mass is 16.2. The molecule has 2 aliphatic heterocycles. The van der Waals surface area contributed by atoms with Gasteiger partial charge in [0.1, 0.15) is 0 Å². The van der Waals surface area contributed by atoms with Crippen LogP contribution in [0, 0.1) is 0 Å². The summed E-state index contributed by atoms with van der Waals surface area (Å²) in [4.78, 5) is 35.3. The number of aromatic nitrogens is 1. The molecule has 2 fully saturated rings. The SMILES string of the molecule is O=C(c1ccc(N2CCCCC2=O)cc1)N1CCN(Cc2ccccn2)CC1. The van der Waals surface area contributed by atoms with Crippen LogP contribution in [-0.4, -0.2) is 59.3 Å². The first-order valence-corrected chi connectivity index (χ1v) is 10.0. The fraction of sp³-hybridized carbons (Fsp3) is 0.409. The van der Waals surface area contributed by atoms with Crippen molar-refractivity contribution in [2.45, 2.75) is 25.8 Å². The van der Waals surface area contributed by atoms with Gasteiger partial charge in [-0.15, -0.1) is 0 Å². The van der Waals surface area contributed by atoms with Gasteiger partial charge in [-0.05, 0) is 49.2 Å². The van der Waals surface area contributed by atoms with Crippen molar-refractivity contribution in [3.63, 3.8) is 0 Å². The number of piperazine rings is 1. The Bertz CT molecular complexity index is 814. The van der Waals surface area contributed by atoms with Gasteiger partial charge in [0.05, 0.1) is 5.69 Å². The van der Waals surface area contributed by atoms with Gasteiger partial charge in [0.15, 0.2) is 0 Å². The molecule has 6 nitrogen and oxygen atoms in total. The lowest BCUT2D eigenvalue weighted by Crippen LogP contribution is -2.48. The molecule has 0 unspecified atom stereocenters. The van der Waals surface area contributed by atoms with Crippen molar-refractivity contribution in [1.82, 2.24) is 14.8 Å². The largest absolute Gasteiger partial charge is 0.336 e. The van der Waals surface area contributed by atoms with Crippen molar-refractivity contribution in [2.75, 3.05) is 37.6 Å². The summed E-state index contributed by atoms with van der Waals surface area (Å²) in [7, 11) is 0. The zero-order valence-corrected chi connectivity index (χ0v) is 16.1. The Hall–Kier alpha value is -2.73. The van der Waals surface area contributed by atoms with Crippen molar-refractivity contribution in [3.8, 4) is 0 Å². The maximum Gasteiger partial charge on any atom is 0.253 e. The van der Waals surface area contributed by atoms with Gasteiger partial charge in [0.2, 0.25) is 5.91 Å². The molecule has 28 heavy (non-hydrogen) atoms. The molecular formula is C22H26N4O2. The maximum atomic E-state index is 12.8. The normalized spacial score (nSPS) is 18.4. The number of benzene rings is 1. The molecule has 2 amide bonds. The minimum atomic E-state index is 0.0639. The standard InChI is InChI=1S/C22H26N4O2/c27-21-6-2-4-12-26(21)20-9-7-18(8-10-20)22(28)25-15-13-24(14-16-25)17-19-5-1-3-11-23-19/h1,3,5,7-11H,2,4,6,12-17H2. The van der Waals surface area contributed by atoms with E-state index in [9.17, 15) is 9.59 Å². The summed E-state index contributed by atoms with van der Waals surface area (Å²) in [6.07, 6.45) is 4.44. The molecule has 2 aliphatic rings. The third-order valence-corrected chi connectivity index (χ3v) is 5.52. The summed E-state index contributed by atoms with van der Waals surface area (Å²) in [6, 6.07) is 13.4. The number of rotatable bonds is 4. The lowest BCUT2D eigenvalue weighted by atomic mass is 10.1. The first-order valence-electron chi connectivity index (χ1n) is 10.0. The second kappa shape index (κ2) is 8.52. The minimum absolute atomic E-state index is 0.0639. The summed E-state index contributed by atoms with van der Waals surface area (Å²) in [5.41, 5.74) is 2.64. The van der Waals surface area contributed by atoms with E-state index in [1.54, 1.807) is 0 Å². The van der Waals surface area contributed by atoms with E-state index in [0.29, 0.717) is 12.0 Å². The molecule has 3 heterocycles. The Kier molecular flexibility index (Phi) is 5.67. The van der Waals surface area contributed by atoms with Crippen LogP contribution in [0.25, 0.3) is 0 Å². The Morgan fingerprint density at radius 2 is 1.71 bits per heavy atom. The van der Waals surface area contributed by atoms with Crippen LogP contribution < -0.4 is 4.90 Å². The first kappa shape index (κ1) is 18.6. The lowest BCUT2D eigenvalue weighted by Gasteiger charge is -2.34. The smallest absolute Gasteiger partial charge is 0.253 e. The van der Waals surface area contributed by atoms with Gasteiger partial charge in [0.25, 0.3) is 5.91 Å². The number of carbonyl (C=O) groups excluding carboxylic acids is 2. The fourth-order valence-corrected chi connectivity index (χ4v) is 3.88. The number of piperidine rings is 1. The van der Waals surface area contributed by atoms with Crippen molar-refractivity contribution in [1.29, 1.82) is 0 Å². The minimum Gasteiger partial charge on any atom is -0.336 e. The molecule has 0 spiro atoms. The molecule has 0 saturated carbocycles. The van der Waals surface area contributed by atoms with E-state index in [4.69, 9.17) is 0 Å². The van der Waals surface area contributed by atoms with Crippen LogP contribution >= 0.6 is 0 Å². The van der Waals surface area contributed by atoms with Crippen LogP contribution in [0.2, 0.25) is 0 Å². The third-order valence-electron chi connectivity index (χ3n) is 5.52. The highest BCUT2D eigenvalue weighted by molar-refractivity contribution is 5.97. The average molecular weight is 378 g/mol. The van der Waals surface area contributed by atoms with Gasteiger partial charge in [-0.2, -0.15) is 0 Å². The van der Waals surface area contributed by atoms with E-state index in [1.807, 2.05) is 58.5 Å². The van der Waals surface area contributed by atoms with Gasteiger partial charge in [-0.25, -0.2) is 0 Å². The van der Waals surface area contributed by atoms with Crippen molar-refractivity contribution >= 4 is 17.5 Å². The number of amides is 2. The second-order valence-electron chi connectivity index (χ2n) is 7.44. The molecule has 146 valence electrons. The van der Waals surface area contributed by atoms with Crippen LogP contribution in [0.15, 0.2) is 48.7 Å². The van der Waals surface area contributed by atoms with Crippen LogP contribution in [0.3, 0.4) is 0 Å². The molecule has 0 bridgehead atoms. The average Bonchev–Trinajstić information content (AvgIpc) is 2.75. The number of carbonyl (C=O) groups is 2. The molecule has 0 atom stereocenters. The van der Waals surface area contributed by atoms with Crippen LogP contribution in [0.4, 0.5) is 5.69 Å². The highest BCUT2D eigenvalue weighted by Crippen LogP contribution is 2.22. The summed E-state index contributed by atoms with van der Waals surface area (Å²) < 4.78 is 0. The molecule has 0 aliphatic carbocycles. The molecule has 0 N–H and O–H groups in total. The number of hydrogen-bond acceptors (Lipinski definition) is 4. The van der Waals surface area contributed by atoms with E-state index in [2.05, 4.69) is 9.88 Å². The molecule has 6 heteroatoms. The zero-order chi connectivity index (χ0) is 19.3. The number of hydrogen-bond donors (Lipinski definition) is 0. The monoisotopic (exact) mass is 378 g/mol. The Morgan fingerprint density at radius 3 is 2.39 bits per heavy atom. The maximum absolute atomic E-state index is 12.8. The summed E-state index contributed by atoms with van der Waals surface area (Å²) >= 11 is 0. The summed E-state index contributed by atoms with van der Waals surface area (Å²) in [5.74, 6) is 0.239. The number of nitrogens with zero attached hydrogens (tertiary/aromatic N) is 4. The van der Waals surface area contributed by atoms with E-state index in [0.717, 1.165) is 63.5 Å². The molecular weight excluding hydrogens is 352 g/mol. The number of anilines is 1. The van der Waals surface area contributed by atoms with Crippen molar-refractivity contribution in [2.24, 2.45) is 0 Å². The lowest BCUT2D eigenvalue weighted by molar-refractivity contribution is -0.119. The zero-order valence-electron chi connectivity index (χ0n) is 16.1. The van der Waals surface area contributed by atoms with Crippen LogP contribution in [0.5, 0.6) is 0 Å². The summed E-state index contributed by atoms with van der Waals surface area (Å²) in [6.45, 7) is 4.73. The Balaban J connectivity index is 1.33. The van der Waals surface area contributed by atoms with Crippen LogP contribution in [-0.2, 0) is 11.3 Å². The molecule has 2 aromatic rings. The topological polar surface area (TPSA) is 56.8 Å². The second-order valence-corrected chi connectivity index (χ2v) is 7.44. The molecule has 0 radical (unpaired) electrons. The molecule has 4 rings (SSSR count). The first-order chi connectivity index (χ1) is 13.7. The van der Waals surface area contributed by atoms with Crippen molar-refractivity contribution < 1.29 is 9.59 Å². The Morgan fingerprint density at radius 1 is 0.929 bits per heavy atom. The van der Waals surface area contributed by atoms with Crippen molar-refractivity contribution in [3.05, 3.63) is 59.9 Å². The number of pyridine rings is 1. The highest BCUT2D eigenvalue weighted by Gasteiger charge is 2.23. The predicted octanol–water partition coefficient (Wildman–Crippen LogP) is 2.56. The fourth-order valence-electron chi connectivity index (χ4n) is 3.88. The summed E-state index contributed by atoms with van der Waals surface area (Å²) in [5, 5.41) is 0. The van der Waals surface area contributed by atoms with E-state index >= 15 is 0 Å². The van der Waals surface area contributed by atoms with E-state index in [-0.39, 0.29) is 11.8 Å². The third kappa shape index (κ3) is 4.22. The van der Waals surface area contributed by atoms with E-state index < -0.39 is 0 Å². The predicted molar refractivity (Wildman–Crippen MR) is 108 cm³/mol. The van der Waals surface area contributed by atoms with Gasteiger partial charge < -0.3 is 9.80 Å². The quantitative estimate of drug-likeness (QED) is 0.821. The van der Waals surface area contributed by atoms with E-state index in [1.165, 1.54) is 0 Å². The van der Waals surface area contributed by atoms with Gasteiger partial charge in [0, 0.05) is 63.1 Å². The van der Waals surface area contributed by atoms with Crippen LogP contribution in [0.1, 0.15) is 35.3 Å². The van der Waals surface area contributed by atoms with Gasteiger partial charge in [-0.1, -0.05) is 6.07 Å². The molecule has 2 saturated heterocycles. The molecule has 1 aromatic heterocycles. The van der Waals surface area contributed by atoms with Gasteiger partial charge in [-0.3, -0.25) is 19.5 Å². The molecule has 1 aromatic carbocycles.